The highest BCUT2D eigenvalue weighted by atomic mass is 32.2. The zero-order chi connectivity index (χ0) is 21.7. The third-order valence-corrected chi connectivity index (χ3v) is 5.56. The number of benzene rings is 2. The standard InChI is InChI=1S/C20H23N3O5S/c1-20(2,3)22-29(27,28)18-11-7-5-9-16(18)14-21-19(24)13-12-15-8-4-6-10-17(15)23(25)26/h4-13,22H,14H2,1-3H3,(H,21,24). The van der Waals surface area contributed by atoms with E-state index in [0.29, 0.717) is 11.1 Å². The summed E-state index contributed by atoms with van der Waals surface area (Å²) in [5.41, 5.74) is -0.0366. The average molecular weight is 417 g/mol. The number of hydrogen-bond acceptors (Lipinski definition) is 5. The maximum absolute atomic E-state index is 12.6. The van der Waals surface area contributed by atoms with Gasteiger partial charge >= 0.3 is 0 Å². The van der Waals surface area contributed by atoms with Crippen LogP contribution in [0.4, 0.5) is 5.69 Å². The van der Waals surface area contributed by atoms with Gasteiger partial charge in [0.15, 0.2) is 0 Å². The zero-order valence-electron chi connectivity index (χ0n) is 16.4. The summed E-state index contributed by atoms with van der Waals surface area (Å²) < 4.78 is 27.8. The SMILES string of the molecule is CC(C)(C)NS(=O)(=O)c1ccccc1CNC(=O)C=Cc1ccccc1[N+](=O)[O-]. The van der Waals surface area contributed by atoms with E-state index in [1.165, 1.54) is 30.4 Å². The maximum Gasteiger partial charge on any atom is 0.276 e. The van der Waals surface area contributed by atoms with Crippen LogP contribution in [0.25, 0.3) is 6.08 Å². The van der Waals surface area contributed by atoms with Gasteiger partial charge in [0.2, 0.25) is 15.9 Å². The van der Waals surface area contributed by atoms with Gasteiger partial charge in [0.25, 0.3) is 5.69 Å². The van der Waals surface area contributed by atoms with Crippen molar-refractivity contribution in [2.75, 3.05) is 0 Å². The first kappa shape index (κ1) is 22.3. The Morgan fingerprint density at radius 3 is 2.38 bits per heavy atom. The van der Waals surface area contributed by atoms with E-state index >= 15 is 0 Å². The fourth-order valence-corrected chi connectivity index (χ4v) is 4.23. The predicted molar refractivity (Wildman–Crippen MR) is 110 cm³/mol. The fraction of sp³-hybridized carbons (Fsp3) is 0.250. The monoisotopic (exact) mass is 417 g/mol. The molecule has 0 bridgehead atoms. The largest absolute Gasteiger partial charge is 0.348 e. The summed E-state index contributed by atoms with van der Waals surface area (Å²) >= 11 is 0. The number of nitro benzene ring substituents is 1. The van der Waals surface area contributed by atoms with Crippen LogP contribution < -0.4 is 10.0 Å². The van der Waals surface area contributed by atoms with Gasteiger partial charge in [-0.2, -0.15) is 0 Å². The molecule has 2 rings (SSSR count). The molecule has 1 amide bonds. The number of rotatable bonds is 7. The summed E-state index contributed by atoms with van der Waals surface area (Å²) in [6.07, 6.45) is 2.52. The van der Waals surface area contributed by atoms with Crippen molar-refractivity contribution in [3.8, 4) is 0 Å². The molecule has 8 nitrogen and oxygen atoms in total. The molecule has 0 spiro atoms. The van der Waals surface area contributed by atoms with Gasteiger partial charge in [-0.25, -0.2) is 13.1 Å². The van der Waals surface area contributed by atoms with Crippen molar-refractivity contribution >= 4 is 27.7 Å². The first-order chi connectivity index (χ1) is 13.5. The van der Waals surface area contributed by atoms with Gasteiger partial charge in [0.05, 0.1) is 15.4 Å². The molecule has 2 N–H and O–H groups in total. The second-order valence-electron chi connectivity index (χ2n) is 7.33. The van der Waals surface area contributed by atoms with Crippen molar-refractivity contribution < 1.29 is 18.1 Å². The molecule has 0 aliphatic rings. The number of hydrogen-bond donors (Lipinski definition) is 2. The molecule has 2 aromatic carbocycles. The van der Waals surface area contributed by atoms with E-state index < -0.39 is 26.4 Å². The smallest absolute Gasteiger partial charge is 0.276 e. The van der Waals surface area contributed by atoms with E-state index in [-0.39, 0.29) is 17.1 Å². The van der Waals surface area contributed by atoms with E-state index in [0.717, 1.165) is 0 Å². The van der Waals surface area contributed by atoms with Crippen molar-refractivity contribution in [2.45, 2.75) is 37.8 Å². The van der Waals surface area contributed by atoms with Crippen molar-refractivity contribution in [3.63, 3.8) is 0 Å². The summed E-state index contributed by atoms with van der Waals surface area (Å²) in [7, 11) is -3.76. The number of amides is 1. The Labute approximate surface area is 169 Å². The minimum absolute atomic E-state index is 0.0126. The van der Waals surface area contributed by atoms with Gasteiger partial charge in [-0.1, -0.05) is 30.3 Å². The van der Waals surface area contributed by atoms with Crippen LogP contribution in [0.15, 0.2) is 59.5 Å². The van der Waals surface area contributed by atoms with Gasteiger partial charge in [-0.05, 0) is 44.5 Å². The van der Waals surface area contributed by atoms with E-state index in [1.54, 1.807) is 51.1 Å². The average Bonchev–Trinajstić information content (AvgIpc) is 2.63. The topological polar surface area (TPSA) is 118 Å². The normalized spacial score (nSPS) is 12.1. The van der Waals surface area contributed by atoms with E-state index in [9.17, 15) is 23.3 Å². The molecule has 0 aliphatic carbocycles. The van der Waals surface area contributed by atoms with E-state index in [1.807, 2.05) is 0 Å². The molecule has 0 atom stereocenters. The lowest BCUT2D eigenvalue weighted by Gasteiger charge is -2.21. The molecule has 29 heavy (non-hydrogen) atoms. The Kier molecular flexibility index (Phi) is 6.89. The molecule has 0 saturated heterocycles. The molecule has 0 fully saturated rings. The van der Waals surface area contributed by atoms with E-state index in [4.69, 9.17) is 0 Å². The number of nitrogens with one attached hydrogen (secondary N) is 2. The Hall–Kier alpha value is -3.04. The lowest BCUT2D eigenvalue weighted by molar-refractivity contribution is -0.385. The van der Waals surface area contributed by atoms with Crippen LogP contribution in [0.5, 0.6) is 0 Å². The van der Waals surface area contributed by atoms with Gasteiger partial charge in [0.1, 0.15) is 0 Å². The van der Waals surface area contributed by atoms with Crippen molar-refractivity contribution in [1.82, 2.24) is 10.0 Å². The van der Waals surface area contributed by atoms with Crippen LogP contribution in [-0.2, 0) is 21.4 Å². The third kappa shape index (κ3) is 6.51. The van der Waals surface area contributed by atoms with E-state index in [2.05, 4.69) is 10.0 Å². The molecule has 2 aromatic rings. The first-order valence-corrected chi connectivity index (χ1v) is 10.3. The highest BCUT2D eigenvalue weighted by Crippen LogP contribution is 2.19. The van der Waals surface area contributed by atoms with Crippen LogP contribution in [0.1, 0.15) is 31.9 Å². The minimum Gasteiger partial charge on any atom is -0.348 e. The minimum atomic E-state index is -3.76. The molecule has 0 aliphatic heterocycles. The molecular weight excluding hydrogens is 394 g/mol. The Bertz CT molecular complexity index is 1040. The van der Waals surface area contributed by atoms with Gasteiger partial charge in [0, 0.05) is 24.2 Å². The quantitative estimate of drug-likeness (QED) is 0.408. The second-order valence-corrected chi connectivity index (χ2v) is 8.98. The molecular formula is C20H23N3O5S. The number of sulfonamides is 1. The van der Waals surface area contributed by atoms with Gasteiger partial charge in [-0.3, -0.25) is 14.9 Å². The van der Waals surface area contributed by atoms with Gasteiger partial charge in [-0.15, -0.1) is 0 Å². The number of nitrogens with zero attached hydrogens (tertiary/aromatic N) is 1. The summed E-state index contributed by atoms with van der Waals surface area (Å²) in [6, 6.07) is 12.4. The molecule has 0 radical (unpaired) electrons. The summed E-state index contributed by atoms with van der Waals surface area (Å²) in [5.74, 6) is -0.501. The van der Waals surface area contributed by atoms with Crippen LogP contribution in [0.3, 0.4) is 0 Å². The highest BCUT2D eigenvalue weighted by molar-refractivity contribution is 7.89. The van der Waals surface area contributed by atoms with Crippen LogP contribution in [-0.4, -0.2) is 24.8 Å². The maximum atomic E-state index is 12.6. The van der Waals surface area contributed by atoms with Crippen molar-refractivity contribution in [2.24, 2.45) is 0 Å². The summed E-state index contributed by atoms with van der Waals surface area (Å²) in [5, 5.41) is 13.6. The summed E-state index contributed by atoms with van der Waals surface area (Å²) in [6.45, 7) is 5.20. The van der Waals surface area contributed by atoms with Crippen molar-refractivity contribution in [3.05, 3.63) is 75.8 Å². The second kappa shape index (κ2) is 8.97. The van der Waals surface area contributed by atoms with Gasteiger partial charge < -0.3 is 5.32 Å². The first-order valence-electron chi connectivity index (χ1n) is 8.81. The third-order valence-electron chi connectivity index (χ3n) is 3.70. The van der Waals surface area contributed by atoms with Crippen LogP contribution in [0, 0.1) is 10.1 Å². The molecule has 0 unspecified atom stereocenters. The van der Waals surface area contributed by atoms with Crippen molar-refractivity contribution in [1.29, 1.82) is 0 Å². The summed E-state index contributed by atoms with van der Waals surface area (Å²) in [4.78, 5) is 22.7. The Morgan fingerprint density at radius 2 is 1.72 bits per heavy atom. The Morgan fingerprint density at radius 1 is 1.10 bits per heavy atom. The fourth-order valence-electron chi connectivity index (χ4n) is 2.57. The number of carbonyl (C=O) groups excluding carboxylic acids is 1. The van der Waals surface area contributed by atoms with Crippen LogP contribution in [0.2, 0.25) is 0 Å². The molecule has 0 heterocycles. The Balaban J connectivity index is 2.13. The highest BCUT2D eigenvalue weighted by Gasteiger charge is 2.24. The predicted octanol–water partition coefficient (Wildman–Crippen LogP) is 3.00. The number of para-hydroxylation sites is 1. The number of carbonyl (C=O) groups is 1. The molecule has 0 aromatic heterocycles. The molecule has 154 valence electrons. The molecule has 9 heteroatoms. The number of nitro groups is 1. The lowest BCUT2D eigenvalue weighted by Crippen LogP contribution is -2.41. The van der Waals surface area contributed by atoms with Crippen LogP contribution >= 0.6 is 0 Å². The zero-order valence-corrected chi connectivity index (χ0v) is 17.2. The lowest BCUT2D eigenvalue weighted by atomic mass is 10.1. The molecule has 0 saturated carbocycles.